The molecule has 0 aromatic carbocycles. The Morgan fingerprint density at radius 2 is 0.941 bits per heavy atom. The molecule has 0 unspecified atom stereocenters. The second kappa shape index (κ2) is 38.4. The van der Waals surface area contributed by atoms with Crippen molar-refractivity contribution in [2.24, 2.45) is 5.41 Å². The number of carbonyl (C=O) groups is 2. The molecule has 0 aromatic heterocycles. The highest BCUT2D eigenvalue weighted by atomic mass is 16.7. The van der Waals surface area contributed by atoms with Gasteiger partial charge < -0.3 is 19.5 Å². The summed E-state index contributed by atoms with van der Waals surface area (Å²) in [6, 6.07) is 0. The molecular formula is C45H89NO5. The van der Waals surface area contributed by atoms with Gasteiger partial charge in [-0.05, 0) is 76.3 Å². The van der Waals surface area contributed by atoms with Crippen LogP contribution in [-0.4, -0.2) is 44.5 Å². The van der Waals surface area contributed by atoms with E-state index < -0.39 is 6.16 Å². The zero-order chi connectivity index (χ0) is 37.5. The minimum absolute atomic E-state index is 0.00964. The minimum Gasteiger partial charge on any atom is -0.465 e. The van der Waals surface area contributed by atoms with Gasteiger partial charge in [0.15, 0.2) is 0 Å². The summed E-state index contributed by atoms with van der Waals surface area (Å²) in [5, 5.41) is 3.58. The number of nitrogens with one attached hydrogen (secondary N) is 1. The van der Waals surface area contributed by atoms with Crippen molar-refractivity contribution in [2.75, 3.05) is 26.3 Å². The topological polar surface area (TPSA) is 73.9 Å². The summed E-state index contributed by atoms with van der Waals surface area (Å²) < 4.78 is 16.9. The van der Waals surface area contributed by atoms with Crippen molar-refractivity contribution >= 4 is 12.1 Å². The summed E-state index contributed by atoms with van der Waals surface area (Å²) >= 11 is 0. The molecule has 0 atom stereocenters. The average molecular weight is 724 g/mol. The maximum atomic E-state index is 12.5. The molecule has 0 radical (unpaired) electrons. The lowest BCUT2D eigenvalue weighted by atomic mass is 9.88. The smallest absolute Gasteiger partial charge is 0.465 e. The molecule has 0 aliphatic rings. The Bertz CT molecular complexity index is 724. The van der Waals surface area contributed by atoms with E-state index in [2.05, 4.69) is 39.9 Å². The predicted molar refractivity (Wildman–Crippen MR) is 219 cm³/mol. The molecule has 6 heteroatoms. The van der Waals surface area contributed by atoms with Crippen molar-refractivity contribution in [3.63, 3.8) is 0 Å². The van der Waals surface area contributed by atoms with Gasteiger partial charge in [-0.25, -0.2) is 4.79 Å². The van der Waals surface area contributed by atoms with Crippen molar-refractivity contribution < 1.29 is 23.8 Å². The highest BCUT2D eigenvalue weighted by Crippen LogP contribution is 2.24. The number of hydrogen-bond donors (Lipinski definition) is 1. The number of esters is 1. The van der Waals surface area contributed by atoms with Crippen LogP contribution in [0, 0.1) is 5.41 Å². The van der Waals surface area contributed by atoms with Crippen LogP contribution in [0.5, 0.6) is 0 Å². The molecule has 6 nitrogen and oxygen atoms in total. The molecule has 0 amide bonds. The molecule has 304 valence electrons. The van der Waals surface area contributed by atoms with E-state index in [0.717, 1.165) is 83.7 Å². The zero-order valence-corrected chi connectivity index (χ0v) is 35.1. The maximum Gasteiger partial charge on any atom is 0.508 e. The third kappa shape index (κ3) is 38.2. The van der Waals surface area contributed by atoms with Gasteiger partial charge in [0.25, 0.3) is 0 Å². The van der Waals surface area contributed by atoms with Gasteiger partial charge in [-0.1, -0.05) is 176 Å². The molecule has 0 spiro atoms. The summed E-state index contributed by atoms with van der Waals surface area (Å²) in [6.07, 6.45) is 37.5. The van der Waals surface area contributed by atoms with E-state index >= 15 is 0 Å². The molecular weight excluding hydrogens is 634 g/mol. The fourth-order valence-corrected chi connectivity index (χ4v) is 6.75. The van der Waals surface area contributed by atoms with E-state index in [0.29, 0.717) is 19.6 Å². The molecule has 51 heavy (non-hydrogen) atoms. The summed E-state index contributed by atoms with van der Waals surface area (Å²) in [7, 11) is 0. The fourth-order valence-electron chi connectivity index (χ4n) is 6.75. The fraction of sp³-hybridized carbons (Fsp3) is 0.956. The predicted octanol–water partition coefficient (Wildman–Crippen LogP) is 14.2. The van der Waals surface area contributed by atoms with Gasteiger partial charge in [0.05, 0.1) is 13.2 Å². The summed E-state index contributed by atoms with van der Waals surface area (Å²) in [6.45, 7) is 14.3. The third-order valence-electron chi connectivity index (χ3n) is 10.3. The van der Waals surface area contributed by atoms with Crippen molar-refractivity contribution in [3.8, 4) is 0 Å². The second-order valence-electron chi connectivity index (χ2n) is 16.3. The van der Waals surface area contributed by atoms with Crippen molar-refractivity contribution in [1.29, 1.82) is 0 Å². The van der Waals surface area contributed by atoms with Crippen LogP contribution in [0.1, 0.15) is 240 Å². The lowest BCUT2D eigenvalue weighted by molar-refractivity contribution is -0.147. The summed E-state index contributed by atoms with van der Waals surface area (Å²) in [5.41, 5.74) is 0.0475. The Hall–Kier alpha value is -1.30. The number of unbranched alkanes of at least 4 members (excludes halogenated alkanes) is 23. The van der Waals surface area contributed by atoms with Gasteiger partial charge in [-0.15, -0.1) is 0 Å². The lowest BCUT2D eigenvalue weighted by Gasteiger charge is -2.24. The number of hydrogen-bond acceptors (Lipinski definition) is 6. The van der Waals surface area contributed by atoms with Crippen LogP contribution in [0.15, 0.2) is 0 Å². The van der Waals surface area contributed by atoms with E-state index in [1.165, 1.54) is 128 Å². The van der Waals surface area contributed by atoms with Crippen LogP contribution < -0.4 is 5.32 Å². The van der Waals surface area contributed by atoms with Gasteiger partial charge >= 0.3 is 12.1 Å². The highest BCUT2D eigenvalue weighted by molar-refractivity contribution is 5.69. The molecule has 0 fully saturated rings. The van der Waals surface area contributed by atoms with Crippen LogP contribution in [-0.2, 0) is 19.0 Å². The molecule has 0 aliphatic carbocycles. The van der Waals surface area contributed by atoms with E-state index in [9.17, 15) is 9.59 Å². The number of carbonyl (C=O) groups excluding carboxylic acids is 2. The van der Waals surface area contributed by atoms with Crippen molar-refractivity contribution in [3.05, 3.63) is 0 Å². The maximum absolute atomic E-state index is 12.5. The van der Waals surface area contributed by atoms with Crippen molar-refractivity contribution in [1.82, 2.24) is 5.32 Å². The van der Waals surface area contributed by atoms with E-state index in [1.807, 2.05) is 0 Å². The quantitative estimate of drug-likeness (QED) is 0.0501. The number of ether oxygens (including phenoxy) is 3. The van der Waals surface area contributed by atoms with Crippen LogP contribution in [0.25, 0.3) is 0 Å². The second-order valence-corrected chi connectivity index (χ2v) is 16.3. The van der Waals surface area contributed by atoms with E-state index in [4.69, 9.17) is 14.2 Å². The van der Waals surface area contributed by atoms with Crippen LogP contribution in [0.4, 0.5) is 4.79 Å². The summed E-state index contributed by atoms with van der Waals surface area (Å²) in [4.78, 5) is 24.6. The highest BCUT2D eigenvalue weighted by Gasteiger charge is 2.20. The van der Waals surface area contributed by atoms with Crippen LogP contribution in [0.2, 0.25) is 0 Å². The average Bonchev–Trinajstić information content (AvgIpc) is 3.11. The third-order valence-corrected chi connectivity index (χ3v) is 10.3. The Morgan fingerprint density at radius 3 is 1.47 bits per heavy atom. The van der Waals surface area contributed by atoms with E-state index in [1.54, 1.807) is 0 Å². The zero-order valence-electron chi connectivity index (χ0n) is 35.1. The molecule has 1 N–H and O–H groups in total. The minimum atomic E-state index is -0.462. The Morgan fingerprint density at radius 1 is 0.510 bits per heavy atom. The monoisotopic (exact) mass is 724 g/mol. The van der Waals surface area contributed by atoms with Gasteiger partial charge in [0, 0.05) is 6.42 Å². The Balaban J connectivity index is 3.84. The van der Waals surface area contributed by atoms with Gasteiger partial charge in [-0.2, -0.15) is 0 Å². The Labute approximate surface area is 318 Å². The molecule has 0 saturated carbocycles. The SMILES string of the molecule is CCCCCCCCCC(=O)OCC(C)(C)CCCCCNCCCCCCOC(=O)OC(CCCCCCCCC)CCCCCCCCC. The Kier molecular flexibility index (Phi) is 37.4. The first-order chi connectivity index (χ1) is 24.8. The lowest BCUT2D eigenvalue weighted by Crippen LogP contribution is -2.22. The number of rotatable bonds is 40. The van der Waals surface area contributed by atoms with Crippen LogP contribution in [0.3, 0.4) is 0 Å². The molecule has 0 heterocycles. The largest absolute Gasteiger partial charge is 0.508 e. The van der Waals surface area contributed by atoms with Gasteiger partial charge in [0.1, 0.15) is 6.10 Å². The van der Waals surface area contributed by atoms with Crippen molar-refractivity contribution in [2.45, 2.75) is 246 Å². The van der Waals surface area contributed by atoms with Gasteiger partial charge in [0.2, 0.25) is 0 Å². The first-order valence-electron chi connectivity index (χ1n) is 22.5. The normalized spacial score (nSPS) is 11.7. The molecule has 0 aromatic rings. The van der Waals surface area contributed by atoms with Crippen LogP contribution >= 0.6 is 0 Å². The molecule has 0 aliphatic heterocycles. The summed E-state index contributed by atoms with van der Waals surface area (Å²) in [5.74, 6) is -0.0253. The first-order valence-corrected chi connectivity index (χ1v) is 22.5. The van der Waals surface area contributed by atoms with E-state index in [-0.39, 0.29) is 17.5 Å². The van der Waals surface area contributed by atoms with Gasteiger partial charge in [-0.3, -0.25) is 4.79 Å². The molecule has 0 rings (SSSR count). The first kappa shape index (κ1) is 49.7. The molecule has 0 saturated heterocycles. The molecule has 0 bridgehead atoms. The standard InChI is InChI=1S/C45H89NO5/c1-6-9-12-15-18-21-27-34-42(35-28-22-19-16-13-10-7-2)51-44(48)49-40-33-25-24-31-38-46-39-32-26-30-37-45(4,5)41-50-43(47)36-29-23-20-17-14-11-8-3/h42,46H,6-41H2,1-5H3.